The van der Waals surface area contributed by atoms with Crippen LogP contribution in [0.3, 0.4) is 0 Å². The molecule has 2 heteroatoms. The zero-order valence-electron chi connectivity index (χ0n) is 9.97. The predicted molar refractivity (Wildman–Crippen MR) is 62.8 cm³/mol. The third-order valence-electron chi connectivity index (χ3n) is 4.22. The summed E-state index contributed by atoms with van der Waals surface area (Å²) in [5.41, 5.74) is -0.0138. The average molecular weight is 211 g/mol. The zero-order valence-corrected chi connectivity index (χ0v) is 9.97. The van der Waals surface area contributed by atoms with E-state index >= 15 is 0 Å². The minimum atomic E-state index is -0.0138. The van der Waals surface area contributed by atoms with Gasteiger partial charge < -0.3 is 10.4 Å². The van der Waals surface area contributed by atoms with Crippen molar-refractivity contribution in [2.24, 2.45) is 5.92 Å². The first kappa shape index (κ1) is 11.4. The lowest BCUT2D eigenvalue weighted by atomic mass is 9.76. The summed E-state index contributed by atoms with van der Waals surface area (Å²) in [7, 11) is 0. The van der Waals surface area contributed by atoms with Crippen LogP contribution in [0.5, 0.6) is 0 Å². The van der Waals surface area contributed by atoms with Crippen molar-refractivity contribution in [3.8, 4) is 0 Å². The van der Waals surface area contributed by atoms with Gasteiger partial charge in [0, 0.05) is 11.6 Å². The van der Waals surface area contributed by atoms with Gasteiger partial charge in [0.15, 0.2) is 0 Å². The number of hydrogen-bond acceptors (Lipinski definition) is 2. The fraction of sp³-hybridized carbons (Fsp3) is 1.00. The number of hydrogen-bond donors (Lipinski definition) is 2. The summed E-state index contributed by atoms with van der Waals surface area (Å²) in [5, 5.41) is 13.2. The van der Waals surface area contributed by atoms with Gasteiger partial charge >= 0.3 is 0 Å². The molecule has 15 heavy (non-hydrogen) atoms. The molecule has 1 atom stereocenters. The van der Waals surface area contributed by atoms with Gasteiger partial charge in [-0.3, -0.25) is 0 Å². The molecule has 0 amide bonds. The molecule has 2 nitrogen and oxygen atoms in total. The largest absolute Gasteiger partial charge is 0.394 e. The molecule has 0 aromatic heterocycles. The lowest BCUT2D eigenvalue weighted by Crippen LogP contribution is -2.51. The summed E-state index contributed by atoms with van der Waals surface area (Å²) >= 11 is 0. The molecule has 0 aromatic carbocycles. The SMILES string of the molecule is CC(CO)(CC1CCC1)NC1CCCC1. The highest BCUT2D eigenvalue weighted by Gasteiger charge is 2.32. The summed E-state index contributed by atoms with van der Waals surface area (Å²) in [6.45, 7) is 2.49. The van der Waals surface area contributed by atoms with Crippen molar-refractivity contribution in [2.45, 2.75) is 69.9 Å². The fourth-order valence-corrected chi connectivity index (χ4v) is 3.07. The lowest BCUT2D eigenvalue weighted by molar-refractivity contribution is 0.114. The monoisotopic (exact) mass is 211 g/mol. The van der Waals surface area contributed by atoms with Gasteiger partial charge in [-0.25, -0.2) is 0 Å². The summed E-state index contributed by atoms with van der Waals surface area (Å²) in [4.78, 5) is 0. The highest BCUT2D eigenvalue weighted by atomic mass is 16.3. The molecule has 0 bridgehead atoms. The maximum Gasteiger partial charge on any atom is 0.0610 e. The van der Waals surface area contributed by atoms with Gasteiger partial charge in [-0.15, -0.1) is 0 Å². The van der Waals surface area contributed by atoms with Crippen LogP contribution in [0, 0.1) is 5.92 Å². The first-order chi connectivity index (χ1) is 7.22. The second-order valence-corrected chi connectivity index (χ2v) is 5.85. The molecule has 2 fully saturated rings. The molecule has 0 aromatic rings. The van der Waals surface area contributed by atoms with E-state index in [1.165, 1.54) is 51.4 Å². The Hall–Kier alpha value is -0.0800. The van der Waals surface area contributed by atoms with Crippen LogP contribution in [0.2, 0.25) is 0 Å². The second-order valence-electron chi connectivity index (χ2n) is 5.85. The Morgan fingerprint density at radius 2 is 1.80 bits per heavy atom. The molecule has 2 rings (SSSR count). The molecular formula is C13H25NO. The number of rotatable bonds is 5. The second kappa shape index (κ2) is 4.84. The number of nitrogens with one attached hydrogen (secondary N) is 1. The quantitative estimate of drug-likeness (QED) is 0.732. The van der Waals surface area contributed by atoms with E-state index in [9.17, 15) is 5.11 Å². The predicted octanol–water partition coefficient (Wildman–Crippen LogP) is 2.46. The van der Waals surface area contributed by atoms with Gasteiger partial charge in [0.2, 0.25) is 0 Å². The van der Waals surface area contributed by atoms with Crippen molar-refractivity contribution in [1.82, 2.24) is 5.32 Å². The van der Waals surface area contributed by atoms with Gasteiger partial charge in [0.1, 0.15) is 0 Å². The van der Waals surface area contributed by atoms with E-state index < -0.39 is 0 Å². The standard InChI is InChI=1S/C13H25NO/c1-13(10-15,9-11-5-4-6-11)14-12-7-2-3-8-12/h11-12,14-15H,2-10H2,1H3. The normalized spacial score (nSPS) is 27.6. The zero-order chi connectivity index (χ0) is 10.7. The van der Waals surface area contributed by atoms with Crippen LogP contribution >= 0.6 is 0 Å². The van der Waals surface area contributed by atoms with E-state index in [1.54, 1.807) is 0 Å². The Morgan fingerprint density at radius 1 is 1.13 bits per heavy atom. The van der Waals surface area contributed by atoms with E-state index in [4.69, 9.17) is 0 Å². The van der Waals surface area contributed by atoms with Crippen molar-refractivity contribution < 1.29 is 5.11 Å². The third kappa shape index (κ3) is 2.94. The van der Waals surface area contributed by atoms with Gasteiger partial charge in [-0.05, 0) is 32.1 Å². The molecule has 0 radical (unpaired) electrons. The molecule has 0 saturated heterocycles. The summed E-state index contributed by atoms with van der Waals surface area (Å²) in [5.74, 6) is 0.871. The molecule has 1 unspecified atom stereocenters. The van der Waals surface area contributed by atoms with Crippen LogP contribution in [0.1, 0.15) is 58.3 Å². The summed E-state index contributed by atoms with van der Waals surface area (Å²) in [6, 6.07) is 0.669. The fourth-order valence-electron chi connectivity index (χ4n) is 3.07. The van der Waals surface area contributed by atoms with Crippen LogP contribution in [0.4, 0.5) is 0 Å². The molecule has 0 heterocycles. The Bertz CT molecular complexity index is 197. The van der Waals surface area contributed by atoms with Crippen molar-refractivity contribution in [2.75, 3.05) is 6.61 Å². The first-order valence-corrected chi connectivity index (χ1v) is 6.60. The smallest absolute Gasteiger partial charge is 0.0610 e. The molecule has 2 aliphatic rings. The molecule has 2 aliphatic carbocycles. The molecular weight excluding hydrogens is 186 g/mol. The van der Waals surface area contributed by atoms with Gasteiger partial charge in [-0.1, -0.05) is 32.1 Å². The van der Waals surface area contributed by atoms with Crippen LogP contribution in [-0.2, 0) is 0 Å². The van der Waals surface area contributed by atoms with Gasteiger partial charge in [0.25, 0.3) is 0 Å². The van der Waals surface area contributed by atoms with Crippen LogP contribution in [0.25, 0.3) is 0 Å². The van der Waals surface area contributed by atoms with E-state index in [0.717, 1.165) is 5.92 Å². The topological polar surface area (TPSA) is 32.3 Å². The Morgan fingerprint density at radius 3 is 2.27 bits per heavy atom. The minimum absolute atomic E-state index is 0.0138. The third-order valence-corrected chi connectivity index (χ3v) is 4.22. The van der Waals surface area contributed by atoms with Crippen LogP contribution in [0.15, 0.2) is 0 Å². The number of aliphatic hydroxyl groups excluding tert-OH is 1. The van der Waals surface area contributed by atoms with Crippen LogP contribution < -0.4 is 5.32 Å². The molecule has 88 valence electrons. The van der Waals surface area contributed by atoms with Crippen molar-refractivity contribution in [3.05, 3.63) is 0 Å². The Kier molecular flexibility index (Phi) is 3.68. The van der Waals surface area contributed by atoms with Gasteiger partial charge in [0.05, 0.1) is 6.61 Å². The molecule has 2 saturated carbocycles. The Labute approximate surface area is 93.5 Å². The van der Waals surface area contributed by atoms with E-state index in [1.807, 2.05) is 0 Å². The lowest BCUT2D eigenvalue weighted by Gasteiger charge is -2.38. The number of aliphatic hydroxyl groups is 1. The summed E-state index contributed by atoms with van der Waals surface area (Å²) in [6.07, 6.45) is 10.7. The van der Waals surface area contributed by atoms with Gasteiger partial charge in [-0.2, -0.15) is 0 Å². The maximum atomic E-state index is 9.55. The first-order valence-electron chi connectivity index (χ1n) is 6.60. The highest BCUT2D eigenvalue weighted by Crippen LogP contribution is 2.34. The van der Waals surface area contributed by atoms with Crippen molar-refractivity contribution in [1.29, 1.82) is 0 Å². The summed E-state index contributed by atoms with van der Waals surface area (Å²) < 4.78 is 0. The Balaban J connectivity index is 1.81. The minimum Gasteiger partial charge on any atom is -0.394 e. The highest BCUT2D eigenvalue weighted by molar-refractivity contribution is 4.91. The van der Waals surface area contributed by atoms with Crippen molar-refractivity contribution in [3.63, 3.8) is 0 Å². The maximum absolute atomic E-state index is 9.55. The van der Waals surface area contributed by atoms with Crippen molar-refractivity contribution >= 4 is 0 Å². The molecule has 0 spiro atoms. The van der Waals surface area contributed by atoms with E-state index in [0.29, 0.717) is 12.6 Å². The van der Waals surface area contributed by atoms with E-state index in [2.05, 4.69) is 12.2 Å². The van der Waals surface area contributed by atoms with Crippen LogP contribution in [-0.4, -0.2) is 23.3 Å². The van der Waals surface area contributed by atoms with E-state index in [-0.39, 0.29) is 5.54 Å². The average Bonchev–Trinajstić information content (AvgIpc) is 2.64. The molecule has 2 N–H and O–H groups in total. The molecule has 0 aliphatic heterocycles.